The van der Waals surface area contributed by atoms with Gasteiger partial charge in [-0.25, -0.2) is 9.97 Å². The zero-order chi connectivity index (χ0) is 17.4. The van der Waals surface area contributed by atoms with Crippen molar-refractivity contribution in [1.29, 1.82) is 0 Å². The predicted octanol–water partition coefficient (Wildman–Crippen LogP) is 1.55. The number of aromatic nitrogens is 3. The summed E-state index contributed by atoms with van der Waals surface area (Å²) < 4.78 is 6.78. The molecule has 0 radical (unpaired) electrons. The number of hydrogen-bond donors (Lipinski definition) is 0. The Balaban J connectivity index is 1.46. The molecule has 0 bridgehead atoms. The molecule has 0 unspecified atom stereocenters. The standard InChI is InChI=1S/C18H21N5O2/c1-13-20-14(11-25-13)10-22-5-7-23(8-6-22)15-3-4-16-17(9-15)19-12-21(2)18(16)24/h3-4,9,11-12H,5-8,10H2,1-2H3. The molecule has 0 atom stereocenters. The van der Waals surface area contributed by atoms with Gasteiger partial charge < -0.3 is 13.9 Å². The molecule has 0 saturated carbocycles. The van der Waals surface area contributed by atoms with E-state index in [0.717, 1.165) is 49.6 Å². The third-order valence-corrected chi connectivity index (χ3v) is 4.69. The number of anilines is 1. The van der Waals surface area contributed by atoms with Crippen LogP contribution in [0.2, 0.25) is 0 Å². The molecule has 0 N–H and O–H groups in total. The monoisotopic (exact) mass is 339 g/mol. The first kappa shape index (κ1) is 15.8. The van der Waals surface area contributed by atoms with Gasteiger partial charge in [-0.15, -0.1) is 0 Å². The first-order valence-electron chi connectivity index (χ1n) is 8.44. The van der Waals surface area contributed by atoms with E-state index in [1.54, 1.807) is 19.6 Å². The number of rotatable bonds is 3. The molecule has 3 aromatic rings. The van der Waals surface area contributed by atoms with Crippen molar-refractivity contribution in [1.82, 2.24) is 19.4 Å². The van der Waals surface area contributed by atoms with E-state index >= 15 is 0 Å². The number of hydrogen-bond acceptors (Lipinski definition) is 6. The van der Waals surface area contributed by atoms with E-state index in [0.29, 0.717) is 11.3 Å². The van der Waals surface area contributed by atoms with Crippen molar-refractivity contribution in [3.8, 4) is 0 Å². The van der Waals surface area contributed by atoms with E-state index < -0.39 is 0 Å². The smallest absolute Gasteiger partial charge is 0.260 e. The summed E-state index contributed by atoms with van der Waals surface area (Å²) in [6.07, 6.45) is 3.31. The lowest BCUT2D eigenvalue weighted by molar-refractivity contribution is 0.247. The summed E-state index contributed by atoms with van der Waals surface area (Å²) in [5.74, 6) is 0.712. The molecule has 7 heteroatoms. The largest absolute Gasteiger partial charge is 0.449 e. The highest BCUT2D eigenvalue weighted by molar-refractivity contribution is 5.81. The Hall–Kier alpha value is -2.67. The van der Waals surface area contributed by atoms with Crippen molar-refractivity contribution in [2.75, 3.05) is 31.1 Å². The lowest BCUT2D eigenvalue weighted by Crippen LogP contribution is -2.46. The number of aryl methyl sites for hydroxylation is 2. The number of nitrogens with zero attached hydrogens (tertiary/aromatic N) is 5. The molecule has 1 fully saturated rings. The molecule has 1 aliphatic heterocycles. The van der Waals surface area contributed by atoms with Gasteiger partial charge in [-0.2, -0.15) is 0 Å². The van der Waals surface area contributed by atoms with E-state index in [2.05, 4.69) is 19.8 Å². The minimum atomic E-state index is -0.00993. The normalized spacial score (nSPS) is 15.8. The van der Waals surface area contributed by atoms with Gasteiger partial charge in [0.2, 0.25) is 0 Å². The zero-order valence-electron chi connectivity index (χ0n) is 14.5. The molecule has 1 aliphatic rings. The van der Waals surface area contributed by atoms with Crippen LogP contribution in [-0.2, 0) is 13.6 Å². The summed E-state index contributed by atoms with van der Waals surface area (Å²) in [6.45, 7) is 6.49. The van der Waals surface area contributed by atoms with Crippen molar-refractivity contribution >= 4 is 16.6 Å². The summed E-state index contributed by atoms with van der Waals surface area (Å²) in [7, 11) is 1.72. The van der Waals surface area contributed by atoms with Crippen LogP contribution in [0.3, 0.4) is 0 Å². The molecule has 130 valence electrons. The van der Waals surface area contributed by atoms with Gasteiger partial charge >= 0.3 is 0 Å². The maximum atomic E-state index is 12.1. The van der Waals surface area contributed by atoms with Crippen molar-refractivity contribution in [2.24, 2.45) is 7.05 Å². The van der Waals surface area contributed by atoms with Crippen LogP contribution in [0, 0.1) is 6.92 Å². The van der Waals surface area contributed by atoms with Crippen LogP contribution in [0.25, 0.3) is 10.9 Å². The molecule has 0 spiro atoms. The molecule has 0 aliphatic carbocycles. The van der Waals surface area contributed by atoms with Crippen LogP contribution < -0.4 is 10.5 Å². The maximum absolute atomic E-state index is 12.1. The van der Waals surface area contributed by atoms with Gasteiger partial charge in [-0.3, -0.25) is 9.69 Å². The second-order valence-corrected chi connectivity index (χ2v) is 6.48. The Morgan fingerprint density at radius 3 is 2.72 bits per heavy atom. The van der Waals surface area contributed by atoms with Crippen molar-refractivity contribution in [2.45, 2.75) is 13.5 Å². The Kier molecular flexibility index (Phi) is 4.01. The average molecular weight is 339 g/mol. The fourth-order valence-corrected chi connectivity index (χ4v) is 3.27. The van der Waals surface area contributed by atoms with E-state index in [-0.39, 0.29) is 5.56 Å². The van der Waals surface area contributed by atoms with Crippen LogP contribution in [0.5, 0.6) is 0 Å². The fourth-order valence-electron chi connectivity index (χ4n) is 3.27. The van der Waals surface area contributed by atoms with Crippen molar-refractivity contribution in [3.63, 3.8) is 0 Å². The molecule has 1 saturated heterocycles. The summed E-state index contributed by atoms with van der Waals surface area (Å²) in [5, 5.41) is 0.661. The molecule has 3 heterocycles. The van der Waals surface area contributed by atoms with E-state index in [4.69, 9.17) is 4.42 Å². The van der Waals surface area contributed by atoms with Gasteiger partial charge in [-0.1, -0.05) is 0 Å². The molecule has 0 amide bonds. The van der Waals surface area contributed by atoms with Crippen molar-refractivity contribution < 1.29 is 4.42 Å². The first-order chi connectivity index (χ1) is 12.1. The SMILES string of the molecule is Cc1nc(CN2CCN(c3ccc4c(=O)n(C)cnc4c3)CC2)co1. The van der Waals surface area contributed by atoms with Crippen LogP contribution in [0.1, 0.15) is 11.6 Å². The van der Waals surface area contributed by atoms with Crippen LogP contribution in [0.15, 0.2) is 40.0 Å². The van der Waals surface area contributed by atoms with E-state index in [1.165, 1.54) is 4.57 Å². The van der Waals surface area contributed by atoms with Gasteiger partial charge in [0, 0.05) is 52.4 Å². The summed E-state index contributed by atoms with van der Waals surface area (Å²) >= 11 is 0. The van der Waals surface area contributed by atoms with Crippen molar-refractivity contribution in [3.05, 3.63) is 52.7 Å². The fraction of sp³-hybridized carbons (Fsp3) is 0.389. The summed E-state index contributed by atoms with van der Waals surface area (Å²) in [4.78, 5) is 25.6. The van der Waals surface area contributed by atoms with Crippen LogP contribution in [-0.4, -0.2) is 45.6 Å². The number of benzene rings is 1. The van der Waals surface area contributed by atoms with Gasteiger partial charge in [0.25, 0.3) is 5.56 Å². The van der Waals surface area contributed by atoms with Crippen LogP contribution in [0.4, 0.5) is 5.69 Å². The molecule has 25 heavy (non-hydrogen) atoms. The maximum Gasteiger partial charge on any atom is 0.260 e. The second kappa shape index (κ2) is 6.33. The number of fused-ring (bicyclic) bond motifs is 1. The number of oxazole rings is 1. The summed E-state index contributed by atoms with van der Waals surface area (Å²) in [6, 6.07) is 5.90. The molecule has 2 aromatic heterocycles. The van der Waals surface area contributed by atoms with E-state index in [9.17, 15) is 4.79 Å². The Morgan fingerprint density at radius 2 is 2.00 bits per heavy atom. The third kappa shape index (κ3) is 3.15. The molecular formula is C18H21N5O2. The highest BCUT2D eigenvalue weighted by atomic mass is 16.3. The molecule has 4 rings (SSSR count). The van der Waals surface area contributed by atoms with Gasteiger partial charge in [-0.05, 0) is 18.2 Å². The highest BCUT2D eigenvalue weighted by Gasteiger charge is 2.19. The molecule has 7 nitrogen and oxygen atoms in total. The van der Waals surface area contributed by atoms with E-state index in [1.807, 2.05) is 25.1 Å². The van der Waals surface area contributed by atoms with Crippen LogP contribution >= 0.6 is 0 Å². The second-order valence-electron chi connectivity index (χ2n) is 6.48. The quantitative estimate of drug-likeness (QED) is 0.721. The summed E-state index contributed by atoms with van der Waals surface area (Å²) in [5.41, 5.74) is 2.84. The van der Waals surface area contributed by atoms with Gasteiger partial charge in [0.1, 0.15) is 6.26 Å². The van der Waals surface area contributed by atoms with Gasteiger partial charge in [0.15, 0.2) is 5.89 Å². The zero-order valence-corrected chi connectivity index (χ0v) is 14.5. The lowest BCUT2D eigenvalue weighted by atomic mass is 10.2. The topological polar surface area (TPSA) is 67.4 Å². The first-order valence-corrected chi connectivity index (χ1v) is 8.44. The lowest BCUT2D eigenvalue weighted by Gasteiger charge is -2.35. The third-order valence-electron chi connectivity index (χ3n) is 4.69. The predicted molar refractivity (Wildman–Crippen MR) is 95.7 cm³/mol. The Labute approximate surface area is 145 Å². The average Bonchev–Trinajstić information content (AvgIpc) is 3.03. The molecule has 1 aromatic carbocycles. The minimum Gasteiger partial charge on any atom is -0.449 e. The highest BCUT2D eigenvalue weighted by Crippen LogP contribution is 2.21. The van der Waals surface area contributed by atoms with Gasteiger partial charge in [0.05, 0.1) is 22.9 Å². The number of piperazine rings is 1. The Bertz CT molecular complexity index is 953. The minimum absolute atomic E-state index is 0.00993. The molecular weight excluding hydrogens is 318 g/mol. The Morgan fingerprint density at radius 1 is 1.20 bits per heavy atom.